The van der Waals surface area contributed by atoms with Gasteiger partial charge in [-0.2, -0.15) is 0 Å². The van der Waals surface area contributed by atoms with E-state index in [2.05, 4.69) is 26.0 Å². The molecule has 0 radical (unpaired) electrons. The van der Waals surface area contributed by atoms with Crippen molar-refractivity contribution in [2.24, 2.45) is 0 Å². The topological polar surface area (TPSA) is 98.7 Å². The van der Waals surface area contributed by atoms with E-state index in [1.165, 1.54) is 11.0 Å². The van der Waals surface area contributed by atoms with E-state index in [4.69, 9.17) is 16.1 Å². The molecule has 0 saturated carbocycles. The smallest absolute Gasteiger partial charge is 0.242 e. The summed E-state index contributed by atoms with van der Waals surface area (Å²) in [5, 5.41) is 17.8. The van der Waals surface area contributed by atoms with Crippen LogP contribution in [-0.2, 0) is 17.9 Å². The van der Waals surface area contributed by atoms with Crippen molar-refractivity contribution in [2.45, 2.75) is 13.1 Å². The molecule has 0 aliphatic rings. The van der Waals surface area contributed by atoms with Crippen molar-refractivity contribution in [1.29, 1.82) is 0 Å². The Morgan fingerprint density at radius 1 is 1.36 bits per heavy atom. The summed E-state index contributed by atoms with van der Waals surface area (Å²) in [5.74, 6) is 0.313. The van der Waals surface area contributed by atoms with Crippen LogP contribution in [0.15, 0.2) is 41.2 Å². The molecule has 2 aromatic heterocycles. The van der Waals surface area contributed by atoms with Gasteiger partial charge in [-0.1, -0.05) is 28.9 Å². The first-order valence-corrected chi connectivity index (χ1v) is 6.77. The predicted molar refractivity (Wildman–Crippen MR) is 76.6 cm³/mol. The Balaban J connectivity index is 1.59. The van der Waals surface area contributed by atoms with Crippen LogP contribution in [0.5, 0.6) is 0 Å². The van der Waals surface area contributed by atoms with E-state index in [0.717, 1.165) is 5.56 Å². The maximum atomic E-state index is 11.7. The molecule has 112 valence electrons. The zero-order valence-electron chi connectivity index (χ0n) is 11.3. The van der Waals surface area contributed by atoms with Crippen LogP contribution < -0.4 is 5.32 Å². The van der Waals surface area contributed by atoms with Crippen LogP contribution in [0.25, 0.3) is 11.3 Å². The van der Waals surface area contributed by atoms with Crippen LogP contribution in [0.1, 0.15) is 5.76 Å². The van der Waals surface area contributed by atoms with Crippen LogP contribution >= 0.6 is 11.6 Å². The Bertz CT molecular complexity index is 770. The summed E-state index contributed by atoms with van der Waals surface area (Å²) in [6, 6.07) is 9.04. The summed E-state index contributed by atoms with van der Waals surface area (Å²) in [4.78, 5) is 11.7. The fourth-order valence-corrected chi connectivity index (χ4v) is 2.01. The number of carbonyl (C=O) groups is 1. The molecular formula is C13H11ClN6O2. The van der Waals surface area contributed by atoms with Crippen LogP contribution in [0.2, 0.25) is 5.02 Å². The Hall–Kier alpha value is -2.74. The van der Waals surface area contributed by atoms with Crippen molar-refractivity contribution >= 4 is 17.5 Å². The number of benzene rings is 1. The monoisotopic (exact) mass is 318 g/mol. The van der Waals surface area contributed by atoms with E-state index in [0.29, 0.717) is 16.5 Å². The van der Waals surface area contributed by atoms with Crippen molar-refractivity contribution in [3.05, 3.63) is 47.4 Å². The van der Waals surface area contributed by atoms with E-state index >= 15 is 0 Å². The molecular weight excluding hydrogens is 308 g/mol. The lowest BCUT2D eigenvalue weighted by atomic mass is 10.1. The minimum Gasteiger partial charge on any atom is -0.359 e. The number of hydrogen-bond donors (Lipinski definition) is 1. The van der Waals surface area contributed by atoms with Crippen LogP contribution in [-0.4, -0.2) is 31.3 Å². The number of tetrazole rings is 1. The third-order valence-electron chi connectivity index (χ3n) is 2.84. The summed E-state index contributed by atoms with van der Waals surface area (Å²) in [6.45, 7) is 0.275. The lowest BCUT2D eigenvalue weighted by Crippen LogP contribution is -2.27. The van der Waals surface area contributed by atoms with Gasteiger partial charge in [0.25, 0.3) is 0 Å². The zero-order valence-corrected chi connectivity index (χ0v) is 12.1. The predicted octanol–water partition coefficient (Wildman–Crippen LogP) is 1.30. The summed E-state index contributed by atoms with van der Waals surface area (Å²) >= 11 is 5.94. The van der Waals surface area contributed by atoms with Crippen molar-refractivity contribution in [2.75, 3.05) is 0 Å². The van der Waals surface area contributed by atoms with Crippen molar-refractivity contribution in [1.82, 2.24) is 30.7 Å². The first-order chi connectivity index (χ1) is 10.7. The highest BCUT2D eigenvalue weighted by molar-refractivity contribution is 6.30. The molecule has 1 amide bonds. The number of aromatic nitrogens is 5. The number of carbonyl (C=O) groups excluding carboxylic acids is 1. The standard InChI is InChI=1S/C13H11ClN6O2/c14-10-3-1-2-9(4-10)12-5-11(22-17-12)6-15-13(21)7-20-8-16-18-19-20/h1-5,8H,6-7H2,(H,15,21). The second-order valence-corrected chi connectivity index (χ2v) is 4.91. The first-order valence-electron chi connectivity index (χ1n) is 6.40. The van der Waals surface area contributed by atoms with Gasteiger partial charge in [-0.3, -0.25) is 4.79 Å². The van der Waals surface area contributed by atoms with Gasteiger partial charge in [-0.15, -0.1) is 5.10 Å². The number of nitrogens with zero attached hydrogens (tertiary/aromatic N) is 5. The summed E-state index contributed by atoms with van der Waals surface area (Å²) in [6.07, 6.45) is 1.37. The first kappa shape index (κ1) is 14.2. The highest BCUT2D eigenvalue weighted by Gasteiger charge is 2.09. The molecule has 0 unspecified atom stereocenters. The Kier molecular flexibility index (Phi) is 4.10. The van der Waals surface area contributed by atoms with Crippen molar-refractivity contribution in [3.63, 3.8) is 0 Å². The fraction of sp³-hybridized carbons (Fsp3) is 0.154. The Morgan fingerprint density at radius 2 is 2.27 bits per heavy atom. The van der Waals surface area contributed by atoms with Gasteiger partial charge in [0, 0.05) is 16.7 Å². The van der Waals surface area contributed by atoms with Gasteiger partial charge in [0.15, 0.2) is 5.76 Å². The highest BCUT2D eigenvalue weighted by Crippen LogP contribution is 2.22. The molecule has 0 atom stereocenters. The molecule has 8 nitrogen and oxygen atoms in total. The van der Waals surface area contributed by atoms with Crippen molar-refractivity contribution < 1.29 is 9.32 Å². The minimum absolute atomic E-state index is 0.0439. The molecule has 3 aromatic rings. The Labute approximate surface area is 130 Å². The Morgan fingerprint density at radius 3 is 3.05 bits per heavy atom. The van der Waals surface area contributed by atoms with Gasteiger partial charge >= 0.3 is 0 Å². The molecule has 1 aromatic carbocycles. The van der Waals surface area contributed by atoms with E-state index < -0.39 is 0 Å². The molecule has 2 heterocycles. The van der Waals surface area contributed by atoms with Gasteiger partial charge in [-0.25, -0.2) is 4.68 Å². The van der Waals surface area contributed by atoms with Gasteiger partial charge < -0.3 is 9.84 Å². The molecule has 3 rings (SSSR count). The number of hydrogen-bond acceptors (Lipinski definition) is 6. The average molecular weight is 319 g/mol. The molecule has 0 bridgehead atoms. The largest absolute Gasteiger partial charge is 0.359 e. The van der Waals surface area contributed by atoms with Crippen LogP contribution in [0.3, 0.4) is 0 Å². The molecule has 0 saturated heterocycles. The average Bonchev–Trinajstić information content (AvgIpc) is 3.16. The highest BCUT2D eigenvalue weighted by atomic mass is 35.5. The SMILES string of the molecule is O=C(Cn1cnnn1)NCc1cc(-c2cccc(Cl)c2)no1. The quantitative estimate of drug-likeness (QED) is 0.761. The van der Waals surface area contributed by atoms with E-state index in [1.54, 1.807) is 18.2 Å². The lowest BCUT2D eigenvalue weighted by molar-refractivity contribution is -0.122. The molecule has 0 fully saturated rings. The number of amides is 1. The second kappa shape index (κ2) is 6.35. The lowest BCUT2D eigenvalue weighted by Gasteiger charge is -2.01. The molecule has 0 aliphatic heterocycles. The van der Waals surface area contributed by atoms with Gasteiger partial charge in [-0.05, 0) is 22.6 Å². The summed E-state index contributed by atoms with van der Waals surface area (Å²) in [5.41, 5.74) is 1.51. The van der Waals surface area contributed by atoms with Gasteiger partial charge in [0.1, 0.15) is 18.6 Å². The van der Waals surface area contributed by atoms with E-state index in [1.807, 2.05) is 12.1 Å². The zero-order chi connectivity index (χ0) is 15.4. The third-order valence-corrected chi connectivity index (χ3v) is 3.07. The summed E-state index contributed by atoms with van der Waals surface area (Å²) in [7, 11) is 0. The maximum Gasteiger partial charge on any atom is 0.242 e. The number of rotatable bonds is 5. The van der Waals surface area contributed by atoms with Crippen molar-refractivity contribution in [3.8, 4) is 11.3 Å². The fourth-order valence-electron chi connectivity index (χ4n) is 1.82. The van der Waals surface area contributed by atoms with E-state index in [9.17, 15) is 4.79 Å². The summed E-state index contributed by atoms with van der Waals surface area (Å²) < 4.78 is 6.52. The number of halogens is 1. The third kappa shape index (κ3) is 3.47. The molecule has 0 aliphatic carbocycles. The van der Waals surface area contributed by atoms with Crippen LogP contribution in [0.4, 0.5) is 0 Å². The minimum atomic E-state index is -0.229. The van der Waals surface area contributed by atoms with E-state index in [-0.39, 0.29) is 19.0 Å². The normalized spacial score (nSPS) is 10.6. The number of nitrogens with one attached hydrogen (secondary N) is 1. The second-order valence-electron chi connectivity index (χ2n) is 4.47. The maximum absolute atomic E-state index is 11.7. The van der Waals surface area contributed by atoms with Gasteiger partial charge in [0.05, 0.1) is 6.54 Å². The van der Waals surface area contributed by atoms with Crippen LogP contribution in [0, 0.1) is 0 Å². The molecule has 1 N–H and O–H groups in total. The molecule has 0 spiro atoms. The molecule has 22 heavy (non-hydrogen) atoms. The van der Waals surface area contributed by atoms with Gasteiger partial charge in [0.2, 0.25) is 5.91 Å². The molecule has 9 heteroatoms.